The highest BCUT2D eigenvalue weighted by atomic mass is 16.3. The van der Waals surface area contributed by atoms with E-state index in [4.69, 9.17) is 0 Å². The predicted octanol–water partition coefficient (Wildman–Crippen LogP) is 2.41. The van der Waals surface area contributed by atoms with Gasteiger partial charge in [-0.15, -0.1) is 0 Å². The topological polar surface area (TPSA) is 26.7 Å². The van der Waals surface area contributed by atoms with Crippen LogP contribution in [0.1, 0.15) is 37.9 Å². The molecule has 1 aliphatic carbocycles. The van der Waals surface area contributed by atoms with Crippen LogP contribution in [0, 0.1) is 0 Å². The second-order valence-electron chi connectivity index (χ2n) is 5.77. The maximum atomic E-state index is 9.81. The first-order valence-corrected chi connectivity index (χ1v) is 7.55. The molecule has 1 aromatic carbocycles. The van der Waals surface area contributed by atoms with E-state index in [9.17, 15) is 5.11 Å². The molecule has 1 aromatic rings. The van der Waals surface area contributed by atoms with E-state index in [0.29, 0.717) is 0 Å². The maximum Gasteiger partial charge on any atom is 0.0787 e. The summed E-state index contributed by atoms with van der Waals surface area (Å²) in [6, 6.07) is 9.33. The van der Waals surface area contributed by atoms with Gasteiger partial charge >= 0.3 is 0 Å². The average molecular weight is 260 g/mol. The Morgan fingerprint density at radius 3 is 2.26 bits per heavy atom. The van der Waals surface area contributed by atoms with E-state index in [1.54, 1.807) is 0 Å². The number of piperazine rings is 1. The largest absolute Gasteiger partial charge is 0.388 e. The van der Waals surface area contributed by atoms with Crippen molar-refractivity contribution in [3.8, 4) is 0 Å². The van der Waals surface area contributed by atoms with Crippen molar-refractivity contribution >= 4 is 5.69 Å². The van der Waals surface area contributed by atoms with Crippen LogP contribution in [0.3, 0.4) is 0 Å². The highest BCUT2D eigenvalue weighted by Crippen LogP contribution is 2.28. The molecule has 0 radical (unpaired) electrons. The summed E-state index contributed by atoms with van der Waals surface area (Å²) in [6.07, 6.45) is 3.27. The first-order valence-electron chi connectivity index (χ1n) is 7.55. The Morgan fingerprint density at radius 2 is 1.74 bits per heavy atom. The molecule has 0 unspecified atom stereocenters. The Kier molecular flexibility index (Phi) is 3.76. The Hall–Kier alpha value is -1.06. The van der Waals surface area contributed by atoms with Gasteiger partial charge in [0.05, 0.1) is 6.10 Å². The number of aliphatic hydroxyl groups is 1. The van der Waals surface area contributed by atoms with E-state index in [2.05, 4.69) is 34.1 Å². The summed E-state index contributed by atoms with van der Waals surface area (Å²) >= 11 is 0. The number of anilines is 1. The van der Waals surface area contributed by atoms with Gasteiger partial charge in [0.25, 0.3) is 0 Å². The zero-order valence-electron chi connectivity index (χ0n) is 11.8. The second-order valence-corrected chi connectivity index (χ2v) is 5.77. The first kappa shape index (κ1) is 12.9. The molecular weight excluding hydrogens is 236 g/mol. The summed E-state index contributed by atoms with van der Waals surface area (Å²) in [6.45, 7) is 6.67. The fourth-order valence-electron chi connectivity index (χ4n) is 2.93. The minimum Gasteiger partial charge on any atom is -0.388 e. The van der Waals surface area contributed by atoms with Gasteiger partial charge in [-0.3, -0.25) is 4.90 Å². The molecule has 0 bridgehead atoms. The van der Waals surface area contributed by atoms with Crippen molar-refractivity contribution in [2.45, 2.75) is 38.3 Å². The smallest absolute Gasteiger partial charge is 0.0787 e. The molecule has 2 aliphatic rings. The van der Waals surface area contributed by atoms with Crippen molar-refractivity contribution in [1.82, 2.24) is 4.90 Å². The lowest BCUT2D eigenvalue weighted by atomic mass is 10.1. The number of aliphatic hydroxyl groups excluding tert-OH is 1. The van der Waals surface area contributed by atoms with Crippen LogP contribution >= 0.6 is 0 Å². The highest BCUT2D eigenvalue weighted by Gasteiger charge is 2.31. The number of hydrogen-bond donors (Lipinski definition) is 1. The van der Waals surface area contributed by atoms with Gasteiger partial charge in [-0.1, -0.05) is 19.1 Å². The molecule has 19 heavy (non-hydrogen) atoms. The van der Waals surface area contributed by atoms with E-state index < -0.39 is 0 Å². The third kappa shape index (κ3) is 2.93. The monoisotopic (exact) mass is 260 g/mol. The summed E-state index contributed by atoms with van der Waals surface area (Å²) in [5.74, 6) is 0. The van der Waals surface area contributed by atoms with Gasteiger partial charge < -0.3 is 10.0 Å². The third-order valence-electron chi connectivity index (χ3n) is 4.41. The van der Waals surface area contributed by atoms with Crippen molar-refractivity contribution in [2.75, 3.05) is 31.1 Å². The minimum atomic E-state index is -0.319. The van der Waals surface area contributed by atoms with Crippen LogP contribution in [0.2, 0.25) is 0 Å². The Morgan fingerprint density at radius 1 is 1.11 bits per heavy atom. The van der Waals surface area contributed by atoms with Gasteiger partial charge in [-0.2, -0.15) is 0 Å². The molecule has 3 rings (SSSR count). The maximum absolute atomic E-state index is 9.81. The molecule has 1 N–H and O–H groups in total. The zero-order chi connectivity index (χ0) is 13.2. The van der Waals surface area contributed by atoms with Gasteiger partial charge in [-0.05, 0) is 37.0 Å². The molecule has 0 aromatic heterocycles. The van der Waals surface area contributed by atoms with Crippen molar-refractivity contribution in [1.29, 1.82) is 0 Å². The van der Waals surface area contributed by atoms with E-state index in [0.717, 1.165) is 31.1 Å². The Labute approximate surface area is 115 Å². The fourth-order valence-corrected chi connectivity index (χ4v) is 2.93. The molecule has 0 spiro atoms. The highest BCUT2D eigenvalue weighted by molar-refractivity contribution is 5.48. The lowest BCUT2D eigenvalue weighted by Crippen LogP contribution is -2.47. The van der Waals surface area contributed by atoms with Crippen LogP contribution in [-0.2, 0) is 0 Å². The summed E-state index contributed by atoms with van der Waals surface area (Å²) in [4.78, 5) is 5.09. The van der Waals surface area contributed by atoms with Crippen LogP contribution in [0.15, 0.2) is 24.3 Å². The van der Waals surface area contributed by atoms with Gasteiger partial charge in [0.1, 0.15) is 0 Å². The standard InChI is InChI=1S/C16H24N2O/c1-2-16(19)13-3-5-14(6-4-13)17-9-11-18(12-10-17)15-7-8-15/h3-6,15-16,19H,2,7-12H2,1H3/t16-/m1/s1. The van der Waals surface area contributed by atoms with E-state index in [1.165, 1.54) is 31.6 Å². The summed E-state index contributed by atoms with van der Waals surface area (Å²) in [5, 5.41) is 9.81. The normalized spacial score (nSPS) is 22.5. The minimum absolute atomic E-state index is 0.319. The fraction of sp³-hybridized carbons (Fsp3) is 0.625. The van der Waals surface area contributed by atoms with Gasteiger partial charge in [0.2, 0.25) is 0 Å². The summed E-state index contributed by atoms with van der Waals surface area (Å²) in [5.41, 5.74) is 2.32. The van der Waals surface area contributed by atoms with Gasteiger partial charge in [0, 0.05) is 37.9 Å². The second kappa shape index (κ2) is 5.51. The van der Waals surface area contributed by atoms with Crippen LogP contribution in [0.25, 0.3) is 0 Å². The lowest BCUT2D eigenvalue weighted by Gasteiger charge is -2.36. The van der Waals surface area contributed by atoms with E-state index in [-0.39, 0.29) is 6.10 Å². The van der Waals surface area contributed by atoms with Crippen molar-refractivity contribution in [2.24, 2.45) is 0 Å². The average Bonchev–Trinajstić information content (AvgIpc) is 3.31. The van der Waals surface area contributed by atoms with E-state index in [1.807, 2.05) is 6.92 Å². The number of nitrogens with zero attached hydrogens (tertiary/aromatic N) is 2. The molecular formula is C16H24N2O. The van der Waals surface area contributed by atoms with Crippen LogP contribution < -0.4 is 4.90 Å². The van der Waals surface area contributed by atoms with Gasteiger partial charge in [-0.25, -0.2) is 0 Å². The van der Waals surface area contributed by atoms with Crippen LogP contribution in [0.4, 0.5) is 5.69 Å². The molecule has 1 aliphatic heterocycles. The number of benzene rings is 1. The molecule has 0 amide bonds. The summed E-state index contributed by atoms with van der Waals surface area (Å²) in [7, 11) is 0. The van der Waals surface area contributed by atoms with Crippen LogP contribution in [-0.4, -0.2) is 42.2 Å². The quantitative estimate of drug-likeness (QED) is 0.900. The molecule has 1 atom stereocenters. The van der Waals surface area contributed by atoms with E-state index >= 15 is 0 Å². The SMILES string of the molecule is CC[C@@H](O)c1ccc(N2CCN(C3CC3)CC2)cc1. The molecule has 2 fully saturated rings. The molecule has 104 valence electrons. The number of hydrogen-bond acceptors (Lipinski definition) is 3. The van der Waals surface area contributed by atoms with Crippen molar-refractivity contribution in [3.63, 3.8) is 0 Å². The lowest BCUT2D eigenvalue weighted by molar-refractivity contribution is 0.173. The molecule has 1 saturated carbocycles. The molecule has 3 nitrogen and oxygen atoms in total. The van der Waals surface area contributed by atoms with Gasteiger partial charge in [0.15, 0.2) is 0 Å². The molecule has 1 heterocycles. The predicted molar refractivity (Wildman–Crippen MR) is 78.5 cm³/mol. The van der Waals surface area contributed by atoms with Crippen molar-refractivity contribution < 1.29 is 5.11 Å². The third-order valence-corrected chi connectivity index (χ3v) is 4.41. The molecule has 3 heteroatoms. The first-order chi connectivity index (χ1) is 9.28. The van der Waals surface area contributed by atoms with Crippen molar-refractivity contribution in [3.05, 3.63) is 29.8 Å². The summed E-state index contributed by atoms with van der Waals surface area (Å²) < 4.78 is 0. The Balaban J connectivity index is 1.60. The van der Waals surface area contributed by atoms with Crippen LogP contribution in [0.5, 0.6) is 0 Å². The zero-order valence-corrected chi connectivity index (χ0v) is 11.8. The Bertz CT molecular complexity index is 405. The molecule has 1 saturated heterocycles. The number of rotatable bonds is 4.